The van der Waals surface area contributed by atoms with Gasteiger partial charge >= 0.3 is 0 Å². The fourth-order valence-electron chi connectivity index (χ4n) is 2.63. The lowest BCUT2D eigenvalue weighted by atomic mass is 10.2. The maximum atomic E-state index is 12.6. The number of aryl methyl sites for hydroxylation is 1. The van der Waals surface area contributed by atoms with Gasteiger partial charge in [0.15, 0.2) is 0 Å². The molecule has 0 aromatic heterocycles. The van der Waals surface area contributed by atoms with Crippen LogP contribution in [0.2, 0.25) is 0 Å². The van der Waals surface area contributed by atoms with E-state index >= 15 is 0 Å². The van der Waals surface area contributed by atoms with Crippen molar-refractivity contribution in [2.24, 2.45) is 0 Å². The Balaban J connectivity index is 1.82. The van der Waals surface area contributed by atoms with Crippen molar-refractivity contribution in [1.82, 2.24) is 0 Å². The molecule has 1 fully saturated rings. The number of rotatable bonds is 4. The van der Waals surface area contributed by atoms with Gasteiger partial charge in [-0.2, -0.15) is 0 Å². The molecule has 23 heavy (non-hydrogen) atoms. The van der Waals surface area contributed by atoms with Gasteiger partial charge in [-0.25, -0.2) is 4.90 Å². The number of benzene rings is 2. The Kier molecular flexibility index (Phi) is 4.39. The number of nitrogens with zero attached hydrogens (tertiary/aromatic N) is 1. The van der Waals surface area contributed by atoms with Gasteiger partial charge in [0.1, 0.15) is 5.75 Å². The van der Waals surface area contributed by atoms with E-state index in [1.54, 1.807) is 12.1 Å². The summed E-state index contributed by atoms with van der Waals surface area (Å²) in [5.41, 5.74) is 1.69. The zero-order valence-corrected chi connectivity index (χ0v) is 13.5. The molecule has 1 N–H and O–H groups in total. The number of thioether (sulfide) groups is 1. The minimum atomic E-state index is -0.399. The Hall–Kier alpha value is -2.27. The van der Waals surface area contributed by atoms with Gasteiger partial charge in [-0.1, -0.05) is 25.1 Å². The lowest BCUT2D eigenvalue weighted by molar-refractivity contribution is -0.121. The van der Waals surface area contributed by atoms with Gasteiger partial charge in [-0.3, -0.25) is 9.59 Å². The predicted molar refractivity (Wildman–Crippen MR) is 90.7 cm³/mol. The molecule has 0 spiro atoms. The molecule has 0 aliphatic carbocycles. The van der Waals surface area contributed by atoms with Crippen molar-refractivity contribution >= 4 is 29.3 Å². The molecule has 2 aromatic carbocycles. The lowest BCUT2D eigenvalue weighted by Gasteiger charge is -2.15. The number of carbonyl (C=O) groups is 2. The Morgan fingerprint density at radius 3 is 2.52 bits per heavy atom. The van der Waals surface area contributed by atoms with E-state index in [-0.39, 0.29) is 24.0 Å². The van der Waals surface area contributed by atoms with Crippen LogP contribution in [-0.4, -0.2) is 22.2 Å². The van der Waals surface area contributed by atoms with Crippen molar-refractivity contribution in [1.29, 1.82) is 0 Å². The van der Waals surface area contributed by atoms with Crippen LogP contribution < -0.4 is 4.90 Å². The quantitative estimate of drug-likeness (QED) is 0.875. The second-order valence-electron chi connectivity index (χ2n) is 5.36. The molecule has 118 valence electrons. The van der Waals surface area contributed by atoms with Crippen molar-refractivity contribution in [2.45, 2.75) is 29.9 Å². The molecular formula is C18H17NO3S. The molecule has 0 bridgehead atoms. The Labute approximate surface area is 139 Å². The van der Waals surface area contributed by atoms with Crippen LogP contribution in [0.5, 0.6) is 5.75 Å². The summed E-state index contributed by atoms with van der Waals surface area (Å²) in [6.45, 7) is 2.07. The summed E-state index contributed by atoms with van der Waals surface area (Å²) in [7, 11) is 0. The van der Waals surface area contributed by atoms with Gasteiger partial charge < -0.3 is 5.11 Å². The van der Waals surface area contributed by atoms with E-state index in [1.807, 2.05) is 24.3 Å². The maximum absolute atomic E-state index is 12.6. The standard InChI is InChI=1S/C18H17NO3S/c1-2-12-5-3-4-6-15(12)23-16-11-17(21)19(18(16)22)13-7-9-14(20)10-8-13/h3-10,16,20H,2,11H2,1H3/t16-/m0/s1. The Morgan fingerprint density at radius 1 is 1.13 bits per heavy atom. The van der Waals surface area contributed by atoms with Crippen LogP contribution in [0, 0.1) is 0 Å². The number of amides is 2. The highest BCUT2D eigenvalue weighted by Gasteiger charge is 2.40. The van der Waals surface area contributed by atoms with Crippen molar-refractivity contribution in [3.63, 3.8) is 0 Å². The third kappa shape index (κ3) is 3.10. The van der Waals surface area contributed by atoms with Crippen LogP contribution in [0.1, 0.15) is 18.9 Å². The zero-order chi connectivity index (χ0) is 16.4. The molecule has 4 nitrogen and oxygen atoms in total. The molecular weight excluding hydrogens is 310 g/mol. The number of aromatic hydroxyl groups is 1. The number of hydrogen-bond donors (Lipinski definition) is 1. The average molecular weight is 327 g/mol. The molecule has 1 heterocycles. The molecule has 1 aliphatic heterocycles. The maximum Gasteiger partial charge on any atom is 0.247 e. The summed E-state index contributed by atoms with van der Waals surface area (Å²) in [5, 5.41) is 8.94. The van der Waals surface area contributed by atoms with Gasteiger partial charge in [-0.15, -0.1) is 11.8 Å². The van der Waals surface area contributed by atoms with Crippen molar-refractivity contribution in [3.8, 4) is 5.75 Å². The van der Waals surface area contributed by atoms with Gasteiger partial charge in [0.2, 0.25) is 11.8 Å². The fraction of sp³-hybridized carbons (Fsp3) is 0.222. The molecule has 0 unspecified atom stereocenters. The summed E-state index contributed by atoms with van der Waals surface area (Å²) < 4.78 is 0. The van der Waals surface area contributed by atoms with E-state index < -0.39 is 5.25 Å². The van der Waals surface area contributed by atoms with Gasteiger partial charge in [0, 0.05) is 11.3 Å². The number of carbonyl (C=O) groups excluding carboxylic acids is 2. The number of imide groups is 1. The minimum Gasteiger partial charge on any atom is -0.508 e. The zero-order valence-electron chi connectivity index (χ0n) is 12.7. The van der Waals surface area contributed by atoms with E-state index in [2.05, 4.69) is 6.92 Å². The highest BCUT2D eigenvalue weighted by Crippen LogP contribution is 2.35. The number of phenols is 1. The van der Waals surface area contributed by atoms with Gasteiger partial charge in [-0.05, 0) is 42.3 Å². The van der Waals surface area contributed by atoms with Crippen LogP contribution in [0.25, 0.3) is 0 Å². The first-order valence-corrected chi connectivity index (χ1v) is 8.38. The van der Waals surface area contributed by atoms with Crippen molar-refractivity contribution < 1.29 is 14.7 Å². The van der Waals surface area contributed by atoms with Gasteiger partial charge in [0.25, 0.3) is 0 Å². The number of anilines is 1. The molecule has 3 rings (SSSR count). The first-order valence-electron chi connectivity index (χ1n) is 7.50. The van der Waals surface area contributed by atoms with Crippen molar-refractivity contribution in [3.05, 3.63) is 54.1 Å². The van der Waals surface area contributed by atoms with Crippen LogP contribution in [-0.2, 0) is 16.0 Å². The molecule has 1 saturated heterocycles. The van der Waals surface area contributed by atoms with E-state index in [1.165, 1.54) is 34.4 Å². The topological polar surface area (TPSA) is 57.6 Å². The van der Waals surface area contributed by atoms with Crippen LogP contribution in [0.4, 0.5) is 5.69 Å². The first kappa shape index (κ1) is 15.6. The summed E-state index contributed by atoms with van der Waals surface area (Å²) in [6, 6.07) is 14.1. The molecule has 1 atom stereocenters. The largest absolute Gasteiger partial charge is 0.508 e. The summed E-state index contributed by atoms with van der Waals surface area (Å²) in [5.74, 6) is -0.292. The van der Waals surface area contributed by atoms with Crippen LogP contribution in [0.3, 0.4) is 0 Å². The van der Waals surface area contributed by atoms with Crippen molar-refractivity contribution in [2.75, 3.05) is 4.90 Å². The summed E-state index contributed by atoms with van der Waals surface area (Å²) in [4.78, 5) is 27.1. The normalized spacial score (nSPS) is 17.8. The van der Waals surface area contributed by atoms with E-state index in [4.69, 9.17) is 0 Å². The fourth-order valence-corrected chi connectivity index (χ4v) is 3.89. The van der Waals surface area contributed by atoms with E-state index in [0.717, 1.165) is 11.3 Å². The van der Waals surface area contributed by atoms with E-state index in [0.29, 0.717) is 5.69 Å². The second-order valence-corrected chi connectivity index (χ2v) is 6.60. The molecule has 5 heteroatoms. The summed E-state index contributed by atoms with van der Waals surface area (Å²) >= 11 is 1.45. The molecule has 0 saturated carbocycles. The smallest absolute Gasteiger partial charge is 0.247 e. The number of hydrogen-bond acceptors (Lipinski definition) is 4. The monoisotopic (exact) mass is 327 g/mol. The first-order chi connectivity index (χ1) is 11.1. The lowest BCUT2D eigenvalue weighted by Crippen LogP contribution is -2.31. The second kappa shape index (κ2) is 6.46. The van der Waals surface area contributed by atoms with Crippen LogP contribution >= 0.6 is 11.8 Å². The Bertz CT molecular complexity index is 742. The third-order valence-corrected chi connectivity index (χ3v) is 5.14. The predicted octanol–water partition coefficient (Wildman–Crippen LogP) is 3.38. The van der Waals surface area contributed by atoms with Gasteiger partial charge in [0.05, 0.1) is 10.9 Å². The van der Waals surface area contributed by atoms with Crippen LogP contribution in [0.15, 0.2) is 53.4 Å². The molecule has 2 amide bonds. The molecule has 2 aromatic rings. The summed E-state index contributed by atoms with van der Waals surface area (Å²) in [6.07, 6.45) is 1.09. The number of phenolic OH excluding ortho intramolecular Hbond substituents is 1. The minimum absolute atomic E-state index is 0.107. The van der Waals surface area contributed by atoms with E-state index in [9.17, 15) is 14.7 Å². The average Bonchev–Trinajstić information content (AvgIpc) is 2.83. The SMILES string of the molecule is CCc1ccccc1S[C@H]1CC(=O)N(c2ccc(O)cc2)C1=O. The highest BCUT2D eigenvalue weighted by atomic mass is 32.2. The Morgan fingerprint density at radius 2 is 1.83 bits per heavy atom. The molecule has 0 radical (unpaired) electrons. The molecule has 1 aliphatic rings. The highest BCUT2D eigenvalue weighted by molar-refractivity contribution is 8.00. The third-order valence-electron chi connectivity index (χ3n) is 3.84.